The number of nitrogens with zero attached hydrogens (tertiary/aromatic N) is 3. The van der Waals surface area contributed by atoms with Gasteiger partial charge in [0.1, 0.15) is 0 Å². The van der Waals surface area contributed by atoms with Crippen LogP contribution < -0.4 is 9.47 Å². The molecule has 3 aromatic rings. The van der Waals surface area contributed by atoms with Crippen molar-refractivity contribution < 1.29 is 13.9 Å². The average molecular weight is 371 g/mol. The second-order valence-electron chi connectivity index (χ2n) is 6.30. The number of methoxy groups -OCH3 is 2. The van der Waals surface area contributed by atoms with Crippen LogP contribution in [-0.4, -0.2) is 35.9 Å². The van der Waals surface area contributed by atoms with Gasteiger partial charge < -0.3 is 13.9 Å². The lowest BCUT2D eigenvalue weighted by Gasteiger charge is -2.32. The fraction of sp³-hybridized carbons (Fsp3) is 0.368. The summed E-state index contributed by atoms with van der Waals surface area (Å²) in [6, 6.07) is 8.17. The van der Waals surface area contributed by atoms with Crippen molar-refractivity contribution in [1.82, 2.24) is 15.1 Å². The minimum atomic E-state index is 0.0532. The van der Waals surface area contributed by atoms with E-state index in [1.165, 1.54) is 11.1 Å². The Bertz CT molecular complexity index is 892. The van der Waals surface area contributed by atoms with Crippen LogP contribution in [0.25, 0.3) is 10.8 Å². The minimum Gasteiger partial charge on any atom is -0.493 e. The fourth-order valence-electron chi connectivity index (χ4n) is 3.29. The molecular weight excluding hydrogens is 350 g/mol. The first-order chi connectivity index (χ1) is 12.7. The predicted octanol–water partition coefficient (Wildman–Crippen LogP) is 3.93. The quantitative estimate of drug-likeness (QED) is 0.677. The van der Waals surface area contributed by atoms with E-state index in [1.807, 2.05) is 17.5 Å². The molecule has 6 nitrogen and oxygen atoms in total. The van der Waals surface area contributed by atoms with Crippen LogP contribution in [0.5, 0.6) is 11.5 Å². The predicted molar refractivity (Wildman–Crippen MR) is 99.7 cm³/mol. The van der Waals surface area contributed by atoms with E-state index in [4.69, 9.17) is 13.9 Å². The molecule has 0 aliphatic carbocycles. The van der Waals surface area contributed by atoms with E-state index >= 15 is 0 Å². The highest BCUT2D eigenvalue weighted by Gasteiger charge is 2.27. The van der Waals surface area contributed by atoms with E-state index < -0.39 is 0 Å². The molecule has 0 saturated heterocycles. The van der Waals surface area contributed by atoms with Crippen LogP contribution in [0, 0.1) is 0 Å². The number of hydrogen-bond donors (Lipinski definition) is 0. The smallest absolute Gasteiger partial charge is 0.257 e. The Hall–Kier alpha value is -2.38. The molecule has 2 aromatic heterocycles. The number of fused-ring (bicyclic) bond motifs is 1. The van der Waals surface area contributed by atoms with E-state index in [9.17, 15) is 0 Å². The molecule has 1 aromatic carbocycles. The lowest BCUT2D eigenvalue weighted by Crippen LogP contribution is -2.33. The molecule has 0 unspecified atom stereocenters. The van der Waals surface area contributed by atoms with Gasteiger partial charge in [0.15, 0.2) is 11.5 Å². The zero-order valence-corrected chi connectivity index (χ0v) is 15.9. The van der Waals surface area contributed by atoms with Crippen LogP contribution in [0.4, 0.5) is 0 Å². The summed E-state index contributed by atoms with van der Waals surface area (Å²) in [7, 11) is 3.33. The van der Waals surface area contributed by atoms with E-state index in [0.29, 0.717) is 11.8 Å². The molecule has 1 aliphatic rings. The standard InChI is InChI=1S/C19H21N3O3S/c1-12(18-20-21-19(25-18)17-5-4-8-26-17)22-7-6-13-9-15(23-2)16(24-3)10-14(13)11-22/h4-5,8-10,12H,6-7,11H2,1-3H3/t12-/m1/s1. The first-order valence-electron chi connectivity index (χ1n) is 8.54. The molecular formula is C19H21N3O3S. The van der Waals surface area contributed by atoms with Crippen molar-refractivity contribution in [2.75, 3.05) is 20.8 Å². The Kier molecular flexibility index (Phi) is 4.65. The summed E-state index contributed by atoms with van der Waals surface area (Å²) in [5.74, 6) is 2.78. The molecule has 1 atom stereocenters. The molecule has 26 heavy (non-hydrogen) atoms. The van der Waals surface area contributed by atoms with Crippen LogP contribution >= 0.6 is 11.3 Å². The number of hydrogen-bond acceptors (Lipinski definition) is 7. The van der Waals surface area contributed by atoms with Gasteiger partial charge in [0.2, 0.25) is 5.89 Å². The molecule has 0 amide bonds. The highest BCUT2D eigenvalue weighted by atomic mass is 32.1. The van der Waals surface area contributed by atoms with Gasteiger partial charge in [0.25, 0.3) is 5.89 Å². The summed E-state index contributed by atoms with van der Waals surface area (Å²) in [6.07, 6.45) is 0.950. The Balaban J connectivity index is 1.55. The molecule has 0 spiro atoms. The number of ether oxygens (including phenoxy) is 2. The van der Waals surface area contributed by atoms with Gasteiger partial charge in [-0.25, -0.2) is 0 Å². The molecule has 0 fully saturated rings. The van der Waals surface area contributed by atoms with Gasteiger partial charge in [-0.15, -0.1) is 21.5 Å². The van der Waals surface area contributed by atoms with Crippen LogP contribution in [0.3, 0.4) is 0 Å². The average Bonchev–Trinajstić information content (AvgIpc) is 3.37. The van der Waals surface area contributed by atoms with Crippen molar-refractivity contribution in [2.24, 2.45) is 0 Å². The number of aromatic nitrogens is 2. The molecule has 136 valence electrons. The molecule has 1 aliphatic heterocycles. The molecule has 0 bridgehead atoms. The van der Waals surface area contributed by atoms with Crippen LogP contribution in [0.2, 0.25) is 0 Å². The highest BCUT2D eigenvalue weighted by molar-refractivity contribution is 7.13. The summed E-state index contributed by atoms with van der Waals surface area (Å²) < 4.78 is 16.8. The topological polar surface area (TPSA) is 60.6 Å². The Labute approximate surface area is 156 Å². The monoisotopic (exact) mass is 371 g/mol. The van der Waals surface area contributed by atoms with Gasteiger partial charge in [-0.1, -0.05) is 6.07 Å². The molecule has 0 saturated carbocycles. The SMILES string of the molecule is COc1cc2c(cc1OC)CN([C@H](C)c1nnc(-c3cccs3)o1)CC2. The van der Waals surface area contributed by atoms with Crippen LogP contribution in [0.15, 0.2) is 34.1 Å². The van der Waals surface area contributed by atoms with Crippen LogP contribution in [-0.2, 0) is 13.0 Å². The molecule has 0 N–H and O–H groups in total. The summed E-state index contributed by atoms with van der Waals surface area (Å²) in [5, 5.41) is 10.5. The maximum atomic E-state index is 5.91. The van der Waals surface area contributed by atoms with Crippen LogP contribution in [0.1, 0.15) is 30.0 Å². The largest absolute Gasteiger partial charge is 0.493 e. The summed E-state index contributed by atoms with van der Waals surface area (Å²) in [5.41, 5.74) is 2.55. The molecule has 3 heterocycles. The van der Waals surface area contributed by atoms with Gasteiger partial charge in [-0.05, 0) is 48.1 Å². The number of benzene rings is 1. The van der Waals surface area contributed by atoms with Crippen molar-refractivity contribution in [3.05, 3.63) is 46.7 Å². The van der Waals surface area contributed by atoms with Gasteiger partial charge >= 0.3 is 0 Å². The van der Waals surface area contributed by atoms with Gasteiger partial charge in [0, 0.05) is 13.1 Å². The molecule has 0 radical (unpaired) electrons. The van der Waals surface area contributed by atoms with E-state index in [2.05, 4.69) is 34.2 Å². The molecule has 4 rings (SSSR count). The lowest BCUT2D eigenvalue weighted by molar-refractivity contribution is 0.166. The Morgan fingerprint density at radius 3 is 2.62 bits per heavy atom. The summed E-state index contributed by atoms with van der Waals surface area (Å²) in [6.45, 7) is 3.85. The van der Waals surface area contributed by atoms with Gasteiger partial charge in [-0.3, -0.25) is 4.90 Å². The maximum absolute atomic E-state index is 5.91. The third-order valence-corrected chi connectivity index (χ3v) is 5.68. The first-order valence-corrected chi connectivity index (χ1v) is 9.42. The van der Waals surface area contributed by atoms with E-state index in [0.717, 1.165) is 35.9 Å². The van der Waals surface area contributed by atoms with E-state index in [1.54, 1.807) is 25.6 Å². The number of thiophene rings is 1. The Morgan fingerprint density at radius 2 is 1.92 bits per heavy atom. The van der Waals surface area contributed by atoms with Gasteiger partial charge in [0.05, 0.1) is 25.1 Å². The van der Waals surface area contributed by atoms with Crippen molar-refractivity contribution in [2.45, 2.75) is 25.9 Å². The van der Waals surface area contributed by atoms with Gasteiger partial charge in [-0.2, -0.15) is 0 Å². The van der Waals surface area contributed by atoms with Crippen molar-refractivity contribution in [3.8, 4) is 22.3 Å². The maximum Gasteiger partial charge on any atom is 0.257 e. The summed E-state index contributed by atoms with van der Waals surface area (Å²) >= 11 is 1.60. The highest BCUT2D eigenvalue weighted by Crippen LogP contribution is 2.35. The summed E-state index contributed by atoms with van der Waals surface area (Å²) in [4.78, 5) is 3.34. The van der Waals surface area contributed by atoms with Crippen molar-refractivity contribution in [3.63, 3.8) is 0 Å². The zero-order chi connectivity index (χ0) is 18.1. The lowest BCUT2D eigenvalue weighted by atomic mass is 9.97. The van der Waals surface area contributed by atoms with Crippen molar-refractivity contribution in [1.29, 1.82) is 0 Å². The minimum absolute atomic E-state index is 0.0532. The zero-order valence-electron chi connectivity index (χ0n) is 15.1. The van der Waals surface area contributed by atoms with E-state index in [-0.39, 0.29) is 6.04 Å². The third-order valence-electron chi connectivity index (χ3n) is 4.83. The second kappa shape index (κ2) is 7.09. The normalized spacial score (nSPS) is 15.5. The fourth-order valence-corrected chi connectivity index (χ4v) is 3.94. The first kappa shape index (κ1) is 17.1. The second-order valence-corrected chi connectivity index (χ2v) is 7.24. The Morgan fingerprint density at radius 1 is 1.15 bits per heavy atom. The molecule has 7 heteroatoms. The number of rotatable bonds is 5. The third kappa shape index (κ3) is 3.08. The van der Waals surface area contributed by atoms with Crippen molar-refractivity contribution >= 4 is 11.3 Å².